The summed E-state index contributed by atoms with van der Waals surface area (Å²) in [7, 11) is 1.66. The second-order valence-electron chi connectivity index (χ2n) is 2.76. The number of hydrogen-bond donors (Lipinski definition) is 0. The largest absolute Gasteiger partial charge is 0.382 e. The number of rotatable bonds is 9. The van der Waals surface area contributed by atoms with Gasteiger partial charge in [0.2, 0.25) is 0 Å². The molecule has 3 nitrogen and oxygen atoms in total. The molecule has 0 aromatic heterocycles. The van der Waals surface area contributed by atoms with E-state index in [0.717, 1.165) is 12.0 Å². The molecular formula is C10H20O3. The smallest absolute Gasteiger partial charge is 0.0704 e. The number of hydrogen-bond acceptors (Lipinski definition) is 3. The first-order valence-corrected chi connectivity index (χ1v) is 4.62. The highest BCUT2D eigenvalue weighted by Crippen LogP contribution is 1.95. The Labute approximate surface area is 80.7 Å². The van der Waals surface area contributed by atoms with Gasteiger partial charge in [0.05, 0.1) is 33.0 Å². The zero-order valence-electron chi connectivity index (χ0n) is 8.67. The van der Waals surface area contributed by atoms with Gasteiger partial charge < -0.3 is 14.2 Å². The van der Waals surface area contributed by atoms with E-state index < -0.39 is 0 Å². The van der Waals surface area contributed by atoms with E-state index in [1.807, 2.05) is 0 Å². The number of methoxy groups -OCH3 is 1. The van der Waals surface area contributed by atoms with Crippen molar-refractivity contribution in [3.8, 4) is 0 Å². The molecule has 78 valence electrons. The van der Waals surface area contributed by atoms with Gasteiger partial charge >= 0.3 is 0 Å². The lowest BCUT2D eigenvalue weighted by Crippen LogP contribution is -2.09. The molecule has 0 saturated carbocycles. The summed E-state index contributed by atoms with van der Waals surface area (Å²) >= 11 is 0. The Hall–Kier alpha value is -0.380. The first kappa shape index (κ1) is 12.6. The van der Waals surface area contributed by atoms with E-state index in [2.05, 4.69) is 13.5 Å². The van der Waals surface area contributed by atoms with Gasteiger partial charge in [-0.15, -0.1) is 0 Å². The Balaban J connectivity index is 2.95. The fraction of sp³-hybridized carbons (Fsp3) is 0.800. The summed E-state index contributed by atoms with van der Waals surface area (Å²) in [6.07, 6.45) is 0.977. The van der Waals surface area contributed by atoms with E-state index in [0.29, 0.717) is 33.0 Å². The Kier molecular flexibility index (Phi) is 9.42. The summed E-state index contributed by atoms with van der Waals surface area (Å²) in [5.74, 6) is 0. The lowest BCUT2D eigenvalue weighted by molar-refractivity contribution is 0.0298. The van der Waals surface area contributed by atoms with Gasteiger partial charge in [-0.3, -0.25) is 0 Å². The molecule has 0 N–H and O–H groups in total. The van der Waals surface area contributed by atoms with E-state index in [9.17, 15) is 0 Å². The van der Waals surface area contributed by atoms with Crippen molar-refractivity contribution in [2.75, 3.05) is 40.1 Å². The first-order chi connectivity index (χ1) is 6.31. The van der Waals surface area contributed by atoms with Crippen molar-refractivity contribution in [3.05, 3.63) is 12.2 Å². The van der Waals surface area contributed by atoms with Gasteiger partial charge in [-0.2, -0.15) is 0 Å². The summed E-state index contributed by atoms with van der Waals surface area (Å²) < 4.78 is 15.3. The van der Waals surface area contributed by atoms with Gasteiger partial charge in [0, 0.05) is 7.11 Å². The van der Waals surface area contributed by atoms with Crippen LogP contribution >= 0.6 is 0 Å². The highest BCUT2D eigenvalue weighted by atomic mass is 16.5. The zero-order valence-corrected chi connectivity index (χ0v) is 8.67. The molecule has 0 saturated heterocycles. The van der Waals surface area contributed by atoms with Crippen molar-refractivity contribution in [1.29, 1.82) is 0 Å². The van der Waals surface area contributed by atoms with Gasteiger partial charge in [-0.1, -0.05) is 19.1 Å². The molecule has 0 atom stereocenters. The fourth-order valence-electron chi connectivity index (χ4n) is 0.681. The standard InChI is InChI=1S/C10H20O3/c1-4-10(2)9-13-8-7-12-6-5-11-3/h2,4-9H2,1,3H3. The monoisotopic (exact) mass is 188 g/mol. The second kappa shape index (κ2) is 9.71. The maximum Gasteiger partial charge on any atom is 0.0704 e. The summed E-state index contributed by atoms with van der Waals surface area (Å²) in [5.41, 5.74) is 1.12. The molecule has 0 unspecified atom stereocenters. The van der Waals surface area contributed by atoms with E-state index >= 15 is 0 Å². The summed E-state index contributed by atoms with van der Waals surface area (Å²) in [6.45, 7) is 9.07. The van der Waals surface area contributed by atoms with Crippen molar-refractivity contribution in [3.63, 3.8) is 0 Å². The molecule has 3 heteroatoms. The molecule has 0 aromatic rings. The molecule has 0 heterocycles. The van der Waals surface area contributed by atoms with Crippen LogP contribution in [0.2, 0.25) is 0 Å². The van der Waals surface area contributed by atoms with Crippen molar-refractivity contribution in [1.82, 2.24) is 0 Å². The second-order valence-corrected chi connectivity index (χ2v) is 2.76. The van der Waals surface area contributed by atoms with Crippen molar-refractivity contribution >= 4 is 0 Å². The predicted octanol–water partition coefficient (Wildman–Crippen LogP) is 1.63. The molecule has 0 rings (SSSR count). The average Bonchev–Trinajstić information content (AvgIpc) is 2.16. The Morgan fingerprint density at radius 1 is 1.08 bits per heavy atom. The minimum absolute atomic E-state index is 0.625. The summed E-state index contributed by atoms with van der Waals surface area (Å²) in [5, 5.41) is 0. The quantitative estimate of drug-likeness (QED) is 0.406. The van der Waals surface area contributed by atoms with E-state index in [4.69, 9.17) is 14.2 Å². The third kappa shape index (κ3) is 9.53. The molecule has 0 bridgehead atoms. The van der Waals surface area contributed by atoms with Gasteiger partial charge in [0.25, 0.3) is 0 Å². The Morgan fingerprint density at radius 3 is 2.31 bits per heavy atom. The van der Waals surface area contributed by atoms with Gasteiger partial charge in [0.1, 0.15) is 0 Å². The molecule has 0 fully saturated rings. The van der Waals surface area contributed by atoms with E-state index in [-0.39, 0.29) is 0 Å². The molecule has 0 radical (unpaired) electrons. The normalized spacial score (nSPS) is 10.3. The maximum atomic E-state index is 5.30. The molecule has 0 aliphatic carbocycles. The SMILES string of the molecule is C=C(CC)COCCOCCOC. The van der Waals surface area contributed by atoms with Crippen LogP contribution in [0, 0.1) is 0 Å². The fourth-order valence-corrected chi connectivity index (χ4v) is 0.681. The van der Waals surface area contributed by atoms with E-state index in [1.54, 1.807) is 7.11 Å². The zero-order chi connectivity index (χ0) is 9.94. The van der Waals surface area contributed by atoms with Crippen LogP contribution in [0.15, 0.2) is 12.2 Å². The van der Waals surface area contributed by atoms with Crippen molar-refractivity contribution in [2.24, 2.45) is 0 Å². The summed E-state index contributed by atoms with van der Waals surface area (Å²) in [4.78, 5) is 0. The van der Waals surface area contributed by atoms with Crippen molar-refractivity contribution < 1.29 is 14.2 Å². The molecule has 13 heavy (non-hydrogen) atoms. The molecule has 0 aliphatic rings. The van der Waals surface area contributed by atoms with Gasteiger partial charge in [-0.25, -0.2) is 0 Å². The van der Waals surface area contributed by atoms with Crippen LogP contribution in [0.5, 0.6) is 0 Å². The lowest BCUT2D eigenvalue weighted by Gasteiger charge is -2.05. The predicted molar refractivity (Wildman–Crippen MR) is 52.9 cm³/mol. The Morgan fingerprint density at radius 2 is 1.69 bits per heavy atom. The first-order valence-electron chi connectivity index (χ1n) is 4.62. The van der Waals surface area contributed by atoms with Crippen LogP contribution in [0.1, 0.15) is 13.3 Å². The van der Waals surface area contributed by atoms with Crippen LogP contribution < -0.4 is 0 Å². The third-order valence-corrected chi connectivity index (χ3v) is 1.61. The Bertz CT molecular complexity index is 123. The van der Waals surface area contributed by atoms with Crippen LogP contribution in [0.25, 0.3) is 0 Å². The minimum Gasteiger partial charge on any atom is -0.382 e. The minimum atomic E-state index is 0.625. The average molecular weight is 188 g/mol. The van der Waals surface area contributed by atoms with Crippen LogP contribution in [-0.2, 0) is 14.2 Å². The van der Waals surface area contributed by atoms with E-state index in [1.165, 1.54) is 0 Å². The van der Waals surface area contributed by atoms with Crippen molar-refractivity contribution in [2.45, 2.75) is 13.3 Å². The van der Waals surface area contributed by atoms with Crippen LogP contribution in [0.3, 0.4) is 0 Å². The summed E-state index contributed by atoms with van der Waals surface area (Å²) in [6, 6.07) is 0. The highest BCUT2D eigenvalue weighted by molar-refractivity contribution is 4.92. The highest BCUT2D eigenvalue weighted by Gasteiger charge is 1.91. The molecule has 0 spiro atoms. The van der Waals surface area contributed by atoms with Gasteiger partial charge in [0.15, 0.2) is 0 Å². The molecular weight excluding hydrogens is 168 g/mol. The lowest BCUT2D eigenvalue weighted by atomic mass is 10.2. The number of ether oxygens (including phenoxy) is 3. The molecule has 0 amide bonds. The molecule has 0 aliphatic heterocycles. The maximum absolute atomic E-state index is 5.30. The van der Waals surface area contributed by atoms with Crippen LogP contribution in [-0.4, -0.2) is 40.1 Å². The molecule has 0 aromatic carbocycles. The van der Waals surface area contributed by atoms with Crippen LogP contribution in [0.4, 0.5) is 0 Å². The third-order valence-electron chi connectivity index (χ3n) is 1.61. The van der Waals surface area contributed by atoms with Gasteiger partial charge in [-0.05, 0) is 6.42 Å². The topological polar surface area (TPSA) is 27.7 Å².